The summed E-state index contributed by atoms with van der Waals surface area (Å²) in [6.07, 6.45) is 0.477. The first-order chi connectivity index (χ1) is 11.4. The molecule has 2 aromatic carbocycles. The maximum absolute atomic E-state index is 12.4. The second-order valence-corrected chi connectivity index (χ2v) is 6.35. The number of carbonyl (C=O) groups is 1. The first-order valence-electron chi connectivity index (χ1n) is 8.53. The summed E-state index contributed by atoms with van der Waals surface area (Å²) in [4.78, 5) is 12.4. The topological polar surface area (TPSA) is 38.3 Å². The zero-order valence-electron chi connectivity index (χ0n) is 15.2. The Bertz CT molecular complexity index is 691. The number of rotatable bonds is 6. The SMILES string of the molecule is CCc1ccc([C@@H](C)NC(=O)[C@@H](C)Oc2cc(C)ccc2C)cc1. The molecular weight excluding hydrogens is 298 g/mol. The van der Waals surface area contributed by atoms with E-state index in [1.165, 1.54) is 5.56 Å². The van der Waals surface area contributed by atoms with Crippen LogP contribution < -0.4 is 10.1 Å². The molecule has 3 nitrogen and oxygen atoms in total. The Morgan fingerprint density at radius 1 is 1.08 bits per heavy atom. The molecule has 2 rings (SSSR count). The largest absolute Gasteiger partial charge is 0.481 e. The van der Waals surface area contributed by atoms with E-state index in [1.54, 1.807) is 6.92 Å². The predicted octanol–water partition coefficient (Wildman–Crippen LogP) is 4.51. The maximum atomic E-state index is 12.4. The van der Waals surface area contributed by atoms with Crippen molar-refractivity contribution in [3.63, 3.8) is 0 Å². The Morgan fingerprint density at radius 3 is 2.38 bits per heavy atom. The molecular formula is C21H27NO2. The van der Waals surface area contributed by atoms with Gasteiger partial charge in [-0.25, -0.2) is 0 Å². The van der Waals surface area contributed by atoms with Gasteiger partial charge in [-0.05, 0) is 62.4 Å². The van der Waals surface area contributed by atoms with E-state index < -0.39 is 6.10 Å². The summed E-state index contributed by atoms with van der Waals surface area (Å²) in [6.45, 7) is 9.90. The number of carbonyl (C=O) groups excluding carboxylic acids is 1. The van der Waals surface area contributed by atoms with Crippen molar-refractivity contribution < 1.29 is 9.53 Å². The van der Waals surface area contributed by atoms with Gasteiger partial charge in [-0.1, -0.05) is 43.3 Å². The highest BCUT2D eigenvalue weighted by atomic mass is 16.5. The van der Waals surface area contributed by atoms with Crippen LogP contribution in [0.1, 0.15) is 49.1 Å². The molecule has 0 fully saturated rings. The highest BCUT2D eigenvalue weighted by Gasteiger charge is 2.18. The molecule has 0 saturated carbocycles. The lowest BCUT2D eigenvalue weighted by atomic mass is 10.0. The molecule has 0 heterocycles. The van der Waals surface area contributed by atoms with E-state index >= 15 is 0 Å². The highest BCUT2D eigenvalue weighted by molar-refractivity contribution is 5.81. The smallest absolute Gasteiger partial charge is 0.261 e. The van der Waals surface area contributed by atoms with Crippen LogP contribution in [0.25, 0.3) is 0 Å². The molecule has 1 amide bonds. The van der Waals surface area contributed by atoms with Crippen LogP contribution in [0.15, 0.2) is 42.5 Å². The minimum Gasteiger partial charge on any atom is -0.481 e. The molecule has 0 aliphatic carbocycles. The molecule has 0 bridgehead atoms. The van der Waals surface area contributed by atoms with Crippen LogP contribution in [0.2, 0.25) is 0 Å². The highest BCUT2D eigenvalue weighted by Crippen LogP contribution is 2.21. The Balaban J connectivity index is 1.98. The van der Waals surface area contributed by atoms with Crippen molar-refractivity contribution in [2.45, 2.75) is 53.2 Å². The average molecular weight is 325 g/mol. The van der Waals surface area contributed by atoms with E-state index in [9.17, 15) is 4.79 Å². The monoisotopic (exact) mass is 325 g/mol. The van der Waals surface area contributed by atoms with Gasteiger partial charge in [0.2, 0.25) is 0 Å². The number of aryl methyl sites for hydroxylation is 3. The standard InChI is InChI=1S/C21H27NO2/c1-6-18-9-11-19(12-10-18)16(4)22-21(23)17(5)24-20-13-14(2)7-8-15(20)3/h7-13,16-17H,6H2,1-5H3,(H,22,23)/t16-,17-/m1/s1. The number of nitrogens with one attached hydrogen (secondary N) is 1. The Hall–Kier alpha value is -2.29. The van der Waals surface area contributed by atoms with Crippen molar-refractivity contribution in [3.8, 4) is 5.75 Å². The zero-order chi connectivity index (χ0) is 17.7. The van der Waals surface area contributed by atoms with Crippen molar-refractivity contribution in [2.75, 3.05) is 0 Å². The van der Waals surface area contributed by atoms with Gasteiger partial charge < -0.3 is 10.1 Å². The van der Waals surface area contributed by atoms with Gasteiger partial charge in [0, 0.05) is 0 Å². The number of ether oxygens (including phenoxy) is 1. The van der Waals surface area contributed by atoms with Gasteiger partial charge in [0.15, 0.2) is 6.10 Å². The van der Waals surface area contributed by atoms with Crippen LogP contribution in [0, 0.1) is 13.8 Å². The van der Waals surface area contributed by atoms with Crippen LogP contribution in [-0.2, 0) is 11.2 Å². The maximum Gasteiger partial charge on any atom is 0.261 e. The first-order valence-corrected chi connectivity index (χ1v) is 8.53. The Labute approximate surface area is 145 Å². The molecule has 0 aromatic heterocycles. The summed E-state index contributed by atoms with van der Waals surface area (Å²) in [5.41, 5.74) is 4.54. The van der Waals surface area contributed by atoms with Crippen LogP contribution in [0.3, 0.4) is 0 Å². The first kappa shape index (κ1) is 18.1. The molecule has 128 valence electrons. The van der Waals surface area contributed by atoms with Gasteiger partial charge in [-0.2, -0.15) is 0 Å². The quantitative estimate of drug-likeness (QED) is 0.848. The molecule has 0 aliphatic rings. The molecule has 0 aliphatic heterocycles. The number of hydrogen-bond acceptors (Lipinski definition) is 2. The molecule has 0 unspecified atom stereocenters. The van der Waals surface area contributed by atoms with E-state index in [0.717, 1.165) is 28.9 Å². The van der Waals surface area contributed by atoms with Crippen molar-refractivity contribution in [1.82, 2.24) is 5.32 Å². The fraction of sp³-hybridized carbons (Fsp3) is 0.381. The summed E-state index contributed by atoms with van der Waals surface area (Å²) in [5, 5.41) is 3.02. The van der Waals surface area contributed by atoms with E-state index in [0.29, 0.717) is 0 Å². The normalized spacial score (nSPS) is 13.2. The lowest BCUT2D eigenvalue weighted by molar-refractivity contribution is -0.127. The lowest BCUT2D eigenvalue weighted by Gasteiger charge is -2.20. The fourth-order valence-electron chi connectivity index (χ4n) is 2.53. The number of benzene rings is 2. The van der Waals surface area contributed by atoms with Gasteiger partial charge in [0.05, 0.1) is 6.04 Å². The zero-order valence-corrected chi connectivity index (χ0v) is 15.2. The minimum absolute atomic E-state index is 0.0481. The molecule has 2 aromatic rings. The van der Waals surface area contributed by atoms with Crippen LogP contribution in [0.5, 0.6) is 5.75 Å². The van der Waals surface area contributed by atoms with Gasteiger partial charge in [-0.3, -0.25) is 4.79 Å². The summed E-state index contributed by atoms with van der Waals surface area (Å²) >= 11 is 0. The minimum atomic E-state index is -0.539. The van der Waals surface area contributed by atoms with Crippen LogP contribution in [-0.4, -0.2) is 12.0 Å². The van der Waals surface area contributed by atoms with Crippen molar-refractivity contribution >= 4 is 5.91 Å². The summed E-state index contributed by atoms with van der Waals surface area (Å²) in [6, 6.07) is 14.3. The molecule has 0 radical (unpaired) electrons. The van der Waals surface area contributed by atoms with Gasteiger partial charge in [-0.15, -0.1) is 0 Å². The summed E-state index contributed by atoms with van der Waals surface area (Å²) in [5.74, 6) is 0.653. The second kappa shape index (κ2) is 8.00. The summed E-state index contributed by atoms with van der Waals surface area (Å²) < 4.78 is 5.85. The number of amides is 1. The van der Waals surface area contributed by atoms with Gasteiger partial charge in [0.1, 0.15) is 5.75 Å². The van der Waals surface area contributed by atoms with E-state index in [1.807, 2.05) is 39.0 Å². The molecule has 2 atom stereocenters. The fourth-order valence-corrected chi connectivity index (χ4v) is 2.53. The molecule has 0 saturated heterocycles. The molecule has 1 N–H and O–H groups in total. The van der Waals surface area contributed by atoms with E-state index in [4.69, 9.17) is 4.74 Å². The van der Waals surface area contributed by atoms with Crippen molar-refractivity contribution in [3.05, 3.63) is 64.7 Å². The van der Waals surface area contributed by atoms with Crippen molar-refractivity contribution in [2.24, 2.45) is 0 Å². The van der Waals surface area contributed by atoms with Gasteiger partial charge >= 0.3 is 0 Å². The van der Waals surface area contributed by atoms with E-state index in [2.05, 4.69) is 36.5 Å². The van der Waals surface area contributed by atoms with Gasteiger partial charge in [0.25, 0.3) is 5.91 Å². The molecule has 3 heteroatoms. The third-order valence-electron chi connectivity index (χ3n) is 4.26. The lowest BCUT2D eigenvalue weighted by Crippen LogP contribution is -2.37. The van der Waals surface area contributed by atoms with Crippen molar-refractivity contribution in [1.29, 1.82) is 0 Å². The van der Waals surface area contributed by atoms with E-state index in [-0.39, 0.29) is 11.9 Å². The molecule has 24 heavy (non-hydrogen) atoms. The Kier molecular flexibility index (Phi) is 6.02. The van der Waals surface area contributed by atoms with Crippen LogP contribution in [0.4, 0.5) is 0 Å². The molecule has 0 spiro atoms. The number of hydrogen-bond donors (Lipinski definition) is 1. The second-order valence-electron chi connectivity index (χ2n) is 6.35. The predicted molar refractivity (Wildman–Crippen MR) is 98.4 cm³/mol. The third-order valence-corrected chi connectivity index (χ3v) is 4.26. The summed E-state index contributed by atoms with van der Waals surface area (Å²) in [7, 11) is 0. The average Bonchev–Trinajstić information content (AvgIpc) is 2.58. The van der Waals surface area contributed by atoms with Crippen LogP contribution >= 0.6 is 0 Å². The third kappa shape index (κ3) is 4.60. The Morgan fingerprint density at radius 2 is 1.75 bits per heavy atom.